The van der Waals surface area contributed by atoms with E-state index in [0.29, 0.717) is 63.1 Å². The molecule has 0 saturated carbocycles. The molecule has 164 valence electrons. The normalized spacial score (nSPS) is 17.3. The molecule has 1 saturated heterocycles. The quantitative estimate of drug-likeness (QED) is 0.651. The molecule has 1 spiro atoms. The van der Waals surface area contributed by atoms with Gasteiger partial charge in [-0.25, -0.2) is 0 Å². The smallest absolute Gasteiger partial charge is 0.222 e. The van der Waals surface area contributed by atoms with Gasteiger partial charge in [0.25, 0.3) is 0 Å². The molecule has 2 aromatic rings. The zero-order valence-electron chi connectivity index (χ0n) is 18.7. The van der Waals surface area contributed by atoms with Crippen LogP contribution in [-0.2, 0) is 4.79 Å². The molecule has 2 aliphatic heterocycles. The molecule has 2 aromatic carbocycles. The predicted molar refractivity (Wildman–Crippen MR) is 120 cm³/mol. The van der Waals surface area contributed by atoms with Crippen molar-refractivity contribution in [2.24, 2.45) is 0 Å². The second kappa shape index (κ2) is 8.74. The Morgan fingerprint density at radius 3 is 2.52 bits per heavy atom. The average molecular weight is 422 g/mol. The van der Waals surface area contributed by atoms with Crippen molar-refractivity contribution in [2.45, 2.75) is 58.5 Å². The number of amides is 1. The molecule has 0 atom stereocenters. The summed E-state index contributed by atoms with van der Waals surface area (Å²) in [5, 5.41) is 0. The first kappa shape index (κ1) is 21.4. The van der Waals surface area contributed by atoms with Crippen LogP contribution >= 0.6 is 0 Å². The first-order chi connectivity index (χ1) is 14.9. The van der Waals surface area contributed by atoms with Gasteiger partial charge in [-0.1, -0.05) is 29.8 Å². The number of carbonyl (C=O) groups excluding carboxylic acids is 2. The van der Waals surface area contributed by atoms with Gasteiger partial charge in [0.15, 0.2) is 5.78 Å². The molecule has 0 bridgehead atoms. The van der Waals surface area contributed by atoms with Gasteiger partial charge in [0.05, 0.1) is 18.6 Å². The highest BCUT2D eigenvalue weighted by Gasteiger charge is 2.43. The van der Waals surface area contributed by atoms with E-state index in [9.17, 15) is 9.59 Å². The zero-order chi connectivity index (χ0) is 22.0. The van der Waals surface area contributed by atoms with Crippen LogP contribution in [0.4, 0.5) is 0 Å². The molecule has 2 heterocycles. The third-order valence-corrected chi connectivity index (χ3v) is 6.46. The van der Waals surface area contributed by atoms with Crippen LogP contribution in [0.1, 0.15) is 59.2 Å². The van der Waals surface area contributed by atoms with Gasteiger partial charge >= 0.3 is 0 Å². The zero-order valence-corrected chi connectivity index (χ0v) is 18.7. The third-order valence-electron chi connectivity index (χ3n) is 6.46. The minimum absolute atomic E-state index is 0.147. The number of hydrogen-bond donors (Lipinski definition) is 0. The van der Waals surface area contributed by atoms with E-state index < -0.39 is 5.60 Å². The second-order valence-electron chi connectivity index (χ2n) is 8.94. The average Bonchev–Trinajstić information content (AvgIpc) is 2.74. The van der Waals surface area contributed by atoms with Gasteiger partial charge in [0.1, 0.15) is 17.1 Å². The van der Waals surface area contributed by atoms with Crippen LogP contribution in [0.3, 0.4) is 0 Å². The van der Waals surface area contributed by atoms with Crippen LogP contribution in [0.2, 0.25) is 0 Å². The maximum atomic E-state index is 12.7. The number of piperidine rings is 1. The molecular formula is C26H31NO4. The molecule has 4 rings (SSSR count). The lowest BCUT2D eigenvalue weighted by molar-refractivity contribution is -0.135. The van der Waals surface area contributed by atoms with Crippen molar-refractivity contribution in [3.8, 4) is 11.5 Å². The number of hydrogen-bond acceptors (Lipinski definition) is 4. The maximum absolute atomic E-state index is 12.7. The van der Waals surface area contributed by atoms with Gasteiger partial charge in [0.2, 0.25) is 5.91 Å². The number of benzene rings is 2. The number of Topliss-reactive ketones (excluding diaryl/α,β-unsaturated/α-hetero) is 1. The summed E-state index contributed by atoms with van der Waals surface area (Å²) in [6.07, 6.45) is 2.94. The first-order valence-electron chi connectivity index (χ1n) is 11.2. The van der Waals surface area contributed by atoms with Crippen LogP contribution < -0.4 is 9.47 Å². The van der Waals surface area contributed by atoms with Gasteiger partial charge in [-0.05, 0) is 50.5 Å². The van der Waals surface area contributed by atoms with Gasteiger partial charge in [-0.2, -0.15) is 0 Å². The second-order valence-corrected chi connectivity index (χ2v) is 8.94. The number of ketones is 1. The van der Waals surface area contributed by atoms with E-state index in [2.05, 4.69) is 0 Å². The van der Waals surface area contributed by atoms with Crippen LogP contribution in [0.25, 0.3) is 0 Å². The Kier molecular flexibility index (Phi) is 6.03. The summed E-state index contributed by atoms with van der Waals surface area (Å²) in [5.74, 6) is 1.90. The molecule has 0 aromatic heterocycles. The molecule has 5 heteroatoms. The molecule has 1 fully saturated rings. The predicted octanol–water partition coefficient (Wildman–Crippen LogP) is 4.80. The molecule has 2 aliphatic rings. The van der Waals surface area contributed by atoms with Gasteiger partial charge in [-0.15, -0.1) is 0 Å². The third kappa shape index (κ3) is 4.60. The summed E-state index contributed by atoms with van der Waals surface area (Å²) in [6, 6.07) is 11.9. The van der Waals surface area contributed by atoms with Gasteiger partial charge in [-0.3, -0.25) is 9.59 Å². The fourth-order valence-electron chi connectivity index (χ4n) is 4.63. The maximum Gasteiger partial charge on any atom is 0.222 e. The molecular weight excluding hydrogens is 390 g/mol. The van der Waals surface area contributed by atoms with E-state index in [1.165, 1.54) is 0 Å². The Labute approximate surface area is 184 Å². The van der Waals surface area contributed by atoms with Crippen molar-refractivity contribution in [2.75, 3.05) is 19.7 Å². The Morgan fingerprint density at radius 1 is 1.10 bits per heavy atom. The fraction of sp³-hybridized carbons (Fsp3) is 0.462. The molecule has 0 unspecified atom stereocenters. The summed E-state index contributed by atoms with van der Waals surface area (Å²) in [6.45, 7) is 7.85. The minimum atomic E-state index is -0.471. The number of aryl methyl sites for hydroxylation is 3. The summed E-state index contributed by atoms with van der Waals surface area (Å²) < 4.78 is 12.2. The van der Waals surface area contributed by atoms with Crippen molar-refractivity contribution in [1.82, 2.24) is 4.90 Å². The summed E-state index contributed by atoms with van der Waals surface area (Å²) >= 11 is 0. The van der Waals surface area contributed by atoms with Crippen LogP contribution in [0.5, 0.6) is 11.5 Å². The number of nitrogens with zero attached hydrogens (tertiary/aromatic N) is 1. The number of ether oxygens (including phenoxy) is 2. The highest BCUT2D eigenvalue weighted by Crippen LogP contribution is 2.39. The summed E-state index contributed by atoms with van der Waals surface area (Å²) in [7, 11) is 0. The molecule has 0 radical (unpaired) electrons. The Bertz CT molecular complexity index is 969. The highest BCUT2D eigenvalue weighted by molar-refractivity contribution is 6.00. The molecule has 0 aliphatic carbocycles. The van der Waals surface area contributed by atoms with Crippen molar-refractivity contribution in [3.63, 3.8) is 0 Å². The lowest BCUT2D eigenvalue weighted by Crippen LogP contribution is -2.52. The topological polar surface area (TPSA) is 55.8 Å². The SMILES string of the molecule is Cc1ccc2c(c1)C(=O)CC1(CCN(C(=O)CCCOc3c(C)cccc3C)CC1)O2. The van der Waals surface area contributed by atoms with E-state index in [0.717, 1.165) is 22.4 Å². The number of rotatable bonds is 5. The van der Waals surface area contributed by atoms with Crippen molar-refractivity contribution in [1.29, 1.82) is 0 Å². The Balaban J connectivity index is 1.26. The fourth-order valence-corrected chi connectivity index (χ4v) is 4.63. The van der Waals surface area contributed by atoms with Gasteiger partial charge < -0.3 is 14.4 Å². The molecule has 31 heavy (non-hydrogen) atoms. The largest absolute Gasteiger partial charge is 0.493 e. The Hall–Kier alpha value is -2.82. The van der Waals surface area contributed by atoms with Crippen LogP contribution in [0.15, 0.2) is 36.4 Å². The van der Waals surface area contributed by atoms with Gasteiger partial charge in [0, 0.05) is 32.4 Å². The minimum Gasteiger partial charge on any atom is -0.493 e. The van der Waals surface area contributed by atoms with Crippen molar-refractivity contribution in [3.05, 3.63) is 58.7 Å². The van der Waals surface area contributed by atoms with Crippen LogP contribution in [-0.4, -0.2) is 41.9 Å². The van der Waals surface area contributed by atoms with E-state index in [1.807, 2.05) is 62.1 Å². The number of para-hydroxylation sites is 1. The summed E-state index contributed by atoms with van der Waals surface area (Å²) in [4.78, 5) is 27.3. The lowest BCUT2D eigenvalue weighted by Gasteiger charge is -2.44. The number of likely N-dealkylation sites (tertiary alicyclic amines) is 1. The number of carbonyl (C=O) groups is 2. The first-order valence-corrected chi connectivity index (χ1v) is 11.2. The van der Waals surface area contributed by atoms with E-state index in [-0.39, 0.29) is 11.7 Å². The lowest BCUT2D eigenvalue weighted by atomic mass is 9.82. The van der Waals surface area contributed by atoms with E-state index >= 15 is 0 Å². The highest BCUT2D eigenvalue weighted by atomic mass is 16.5. The molecule has 5 nitrogen and oxygen atoms in total. The number of fused-ring (bicyclic) bond motifs is 1. The monoisotopic (exact) mass is 421 g/mol. The van der Waals surface area contributed by atoms with Crippen LogP contribution in [0, 0.1) is 20.8 Å². The summed E-state index contributed by atoms with van der Waals surface area (Å²) in [5.41, 5.74) is 3.51. The van der Waals surface area contributed by atoms with Crippen molar-refractivity contribution < 1.29 is 19.1 Å². The van der Waals surface area contributed by atoms with E-state index in [4.69, 9.17) is 9.47 Å². The Morgan fingerprint density at radius 2 is 1.81 bits per heavy atom. The van der Waals surface area contributed by atoms with Crippen molar-refractivity contribution >= 4 is 11.7 Å². The molecule has 1 amide bonds. The van der Waals surface area contributed by atoms with E-state index in [1.54, 1.807) is 0 Å². The standard InChI is InChI=1S/C26H31NO4/c1-18-9-10-23-21(16-18)22(28)17-26(31-23)11-13-27(14-12-26)24(29)8-5-15-30-25-19(2)6-4-7-20(25)3/h4,6-7,9-10,16H,5,8,11-15,17H2,1-3H3. The molecule has 0 N–H and O–H groups in total.